The Balaban J connectivity index is 2.31. The maximum atomic E-state index is 12.9. The summed E-state index contributed by atoms with van der Waals surface area (Å²) < 4.78 is 1.67. The minimum absolute atomic E-state index is 0.0658. The minimum atomic E-state index is -0.201. The molecule has 1 aliphatic rings. The Hall–Kier alpha value is -1.81. The molecule has 0 N–H and O–H groups in total. The van der Waals surface area contributed by atoms with Crippen LogP contribution < -0.4 is 5.56 Å². The van der Waals surface area contributed by atoms with E-state index in [1.54, 1.807) is 23.4 Å². The second-order valence-corrected chi connectivity index (χ2v) is 7.29. The molecule has 1 aromatic heterocycles. The van der Waals surface area contributed by atoms with Gasteiger partial charge in [0.15, 0.2) is 5.16 Å². The van der Waals surface area contributed by atoms with Crippen molar-refractivity contribution in [3.8, 4) is 11.3 Å². The van der Waals surface area contributed by atoms with Crippen molar-refractivity contribution in [1.29, 1.82) is 0 Å². The Morgan fingerprint density at radius 3 is 2.86 bits per heavy atom. The number of hydrogen-bond acceptors (Lipinski definition) is 3. The van der Waals surface area contributed by atoms with E-state index >= 15 is 0 Å². The summed E-state index contributed by atoms with van der Waals surface area (Å²) in [6, 6.07) is 8.26. The first-order valence-electron chi connectivity index (χ1n) is 7.39. The van der Waals surface area contributed by atoms with E-state index in [1.807, 2.05) is 18.2 Å². The van der Waals surface area contributed by atoms with Crippen LogP contribution in [0.3, 0.4) is 0 Å². The van der Waals surface area contributed by atoms with Gasteiger partial charge in [-0.25, -0.2) is 4.98 Å². The monoisotopic (exact) mass is 312 g/mol. The maximum Gasteiger partial charge on any atom is 0.258 e. The fourth-order valence-electron chi connectivity index (χ4n) is 3.12. The number of benzene rings is 1. The number of nitrogens with zero attached hydrogens (tertiary/aromatic N) is 2. The van der Waals surface area contributed by atoms with E-state index in [1.165, 1.54) is 5.56 Å². The number of hydrogen-bond donors (Lipinski definition) is 0. The molecule has 0 bridgehead atoms. The molecule has 4 heteroatoms. The van der Waals surface area contributed by atoms with E-state index in [-0.39, 0.29) is 11.0 Å². The first-order chi connectivity index (χ1) is 10.5. The molecule has 3 nitrogen and oxygen atoms in total. The Morgan fingerprint density at radius 2 is 2.14 bits per heavy atom. The molecular weight excluding hydrogens is 292 g/mol. The molecule has 0 amide bonds. The van der Waals surface area contributed by atoms with Crippen LogP contribution in [0, 0.1) is 0 Å². The summed E-state index contributed by atoms with van der Waals surface area (Å²) in [5.41, 5.74) is 3.90. The molecule has 2 aromatic rings. The van der Waals surface area contributed by atoms with Gasteiger partial charge >= 0.3 is 0 Å². The van der Waals surface area contributed by atoms with Crippen LogP contribution in [0.2, 0.25) is 0 Å². The van der Waals surface area contributed by atoms with Crippen LogP contribution in [0.5, 0.6) is 0 Å². The molecular formula is C18H20N2OS. The van der Waals surface area contributed by atoms with Crippen molar-refractivity contribution in [3.63, 3.8) is 0 Å². The predicted molar refractivity (Wildman–Crippen MR) is 92.6 cm³/mol. The molecule has 1 aliphatic carbocycles. The van der Waals surface area contributed by atoms with Crippen LogP contribution in [0.15, 0.2) is 46.9 Å². The highest BCUT2D eigenvalue weighted by atomic mass is 32.2. The van der Waals surface area contributed by atoms with E-state index in [0.717, 1.165) is 34.2 Å². The van der Waals surface area contributed by atoms with Gasteiger partial charge in [0.25, 0.3) is 5.56 Å². The van der Waals surface area contributed by atoms with Gasteiger partial charge in [0, 0.05) is 29.3 Å². The third-order valence-electron chi connectivity index (χ3n) is 4.16. The highest BCUT2D eigenvalue weighted by Gasteiger charge is 2.35. The first-order valence-corrected chi connectivity index (χ1v) is 8.38. The van der Waals surface area contributed by atoms with Gasteiger partial charge in [0.1, 0.15) is 0 Å². The summed E-state index contributed by atoms with van der Waals surface area (Å²) in [5, 5.41) is 0.746. The lowest BCUT2D eigenvalue weighted by atomic mass is 9.72. The largest absolute Gasteiger partial charge is 0.290 e. The molecule has 0 radical (unpaired) electrons. The van der Waals surface area contributed by atoms with Crippen LogP contribution in [0.25, 0.3) is 11.3 Å². The molecule has 22 heavy (non-hydrogen) atoms. The Bertz CT molecular complexity index is 805. The zero-order chi connectivity index (χ0) is 15.9. The second kappa shape index (κ2) is 5.43. The molecule has 0 unspecified atom stereocenters. The quantitative estimate of drug-likeness (QED) is 0.494. The van der Waals surface area contributed by atoms with Crippen LogP contribution in [0.4, 0.5) is 0 Å². The van der Waals surface area contributed by atoms with E-state index in [4.69, 9.17) is 4.98 Å². The molecule has 0 spiro atoms. The van der Waals surface area contributed by atoms with E-state index in [2.05, 4.69) is 32.6 Å². The molecule has 114 valence electrons. The number of rotatable bonds is 3. The van der Waals surface area contributed by atoms with Crippen molar-refractivity contribution >= 4 is 11.8 Å². The zero-order valence-corrected chi connectivity index (χ0v) is 14.0. The Kier molecular flexibility index (Phi) is 3.73. The van der Waals surface area contributed by atoms with Gasteiger partial charge < -0.3 is 0 Å². The summed E-state index contributed by atoms with van der Waals surface area (Å²) >= 11 is 1.54. The molecule has 0 atom stereocenters. The van der Waals surface area contributed by atoms with Crippen LogP contribution in [-0.2, 0) is 18.9 Å². The average molecular weight is 312 g/mol. The van der Waals surface area contributed by atoms with Gasteiger partial charge in [-0.05, 0) is 12.0 Å². The van der Waals surface area contributed by atoms with Crippen LogP contribution in [0.1, 0.15) is 25.0 Å². The van der Waals surface area contributed by atoms with E-state index < -0.39 is 0 Å². The molecule has 0 fully saturated rings. The van der Waals surface area contributed by atoms with Crippen LogP contribution in [-0.4, -0.2) is 15.3 Å². The highest BCUT2D eigenvalue weighted by Crippen LogP contribution is 2.40. The third kappa shape index (κ3) is 2.31. The number of aromatic nitrogens is 2. The summed E-state index contributed by atoms with van der Waals surface area (Å²) in [6.45, 7) is 7.99. The third-order valence-corrected chi connectivity index (χ3v) is 5.19. The molecule has 3 rings (SSSR count). The average Bonchev–Trinajstić information content (AvgIpc) is 2.48. The van der Waals surface area contributed by atoms with Crippen molar-refractivity contribution in [1.82, 2.24) is 9.55 Å². The predicted octanol–water partition coefficient (Wildman–Crippen LogP) is 3.56. The van der Waals surface area contributed by atoms with Crippen molar-refractivity contribution in [3.05, 3.63) is 58.4 Å². The summed E-state index contributed by atoms with van der Waals surface area (Å²) in [7, 11) is 1.80. The first kappa shape index (κ1) is 15.1. The topological polar surface area (TPSA) is 34.9 Å². The standard InChI is InChI=1S/C18H20N2OS/c1-5-10-22-17-19-15-13-9-7-6-8-12(13)11-18(2,3)14(15)16(21)20(17)4/h5-9H,1,10-11H2,2-4H3. The lowest BCUT2D eigenvalue weighted by Gasteiger charge is -2.33. The lowest BCUT2D eigenvalue weighted by Crippen LogP contribution is -2.37. The highest BCUT2D eigenvalue weighted by molar-refractivity contribution is 7.99. The maximum absolute atomic E-state index is 12.9. The summed E-state index contributed by atoms with van der Waals surface area (Å²) in [6.07, 6.45) is 2.69. The minimum Gasteiger partial charge on any atom is -0.290 e. The number of fused-ring (bicyclic) bond motifs is 3. The molecule has 1 aromatic carbocycles. The van der Waals surface area contributed by atoms with Gasteiger partial charge in [0.05, 0.1) is 5.69 Å². The van der Waals surface area contributed by atoms with E-state index in [0.29, 0.717) is 0 Å². The summed E-state index contributed by atoms with van der Waals surface area (Å²) in [4.78, 5) is 17.7. The fourth-order valence-corrected chi connectivity index (χ4v) is 3.82. The van der Waals surface area contributed by atoms with E-state index in [9.17, 15) is 4.79 Å². The lowest BCUT2D eigenvalue weighted by molar-refractivity contribution is 0.494. The van der Waals surface area contributed by atoms with Crippen molar-refractivity contribution < 1.29 is 0 Å². The SMILES string of the molecule is C=CCSc1nc2c(c(=O)n1C)C(C)(C)Cc1ccccc1-2. The van der Waals surface area contributed by atoms with Crippen molar-refractivity contribution in [2.24, 2.45) is 7.05 Å². The molecule has 0 aliphatic heterocycles. The van der Waals surface area contributed by atoms with Crippen molar-refractivity contribution in [2.75, 3.05) is 5.75 Å². The van der Waals surface area contributed by atoms with Gasteiger partial charge in [-0.3, -0.25) is 9.36 Å². The number of thioether (sulfide) groups is 1. The smallest absolute Gasteiger partial charge is 0.258 e. The van der Waals surface area contributed by atoms with Gasteiger partial charge in [-0.2, -0.15) is 0 Å². The normalized spacial score (nSPS) is 15.0. The van der Waals surface area contributed by atoms with Gasteiger partial charge in [0.2, 0.25) is 0 Å². The molecule has 0 saturated heterocycles. The summed E-state index contributed by atoms with van der Waals surface area (Å²) in [5.74, 6) is 0.740. The van der Waals surface area contributed by atoms with Gasteiger partial charge in [-0.1, -0.05) is 56.0 Å². The van der Waals surface area contributed by atoms with Gasteiger partial charge in [-0.15, -0.1) is 6.58 Å². The molecule has 0 saturated carbocycles. The fraction of sp³-hybridized carbons (Fsp3) is 0.333. The zero-order valence-electron chi connectivity index (χ0n) is 13.2. The molecule has 1 heterocycles. The van der Waals surface area contributed by atoms with Crippen molar-refractivity contribution in [2.45, 2.75) is 30.8 Å². The van der Waals surface area contributed by atoms with Crippen LogP contribution >= 0.6 is 11.8 Å². The second-order valence-electron chi connectivity index (χ2n) is 6.30. The Labute approximate surface area is 135 Å². The Morgan fingerprint density at radius 1 is 1.41 bits per heavy atom.